The maximum atomic E-state index is 4.93. The van der Waals surface area contributed by atoms with E-state index < -0.39 is 0 Å². The molecular weight excluding hydrogens is 328 g/mol. The van der Waals surface area contributed by atoms with Crippen molar-refractivity contribution >= 4 is 22.4 Å². The molecular formula is C20H20N4S. The van der Waals surface area contributed by atoms with E-state index in [-0.39, 0.29) is 6.04 Å². The van der Waals surface area contributed by atoms with E-state index in [9.17, 15) is 0 Å². The van der Waals surface area contributed by atoms with Crippen LogP contribution in [0.3, 0.4) is 0 Å². The molecule has 0 saturated heterocycles. The van der Waals surface area contributed by atoms with Crippen LogP contribution in [-0.2, 0) is 0 Å². The summed E-state index contributed by atoms with van der Waals surface area (Å²) < 4.78 is 2.04. The van der Waals surface area contributed by atoms with Gasteiger partial charge in [-0.05, 0) is 18.6 Å². The largest absolute Gasteiger partial charge is 0.239 e. The molecule has 0 aliphatic rings. The van der Waals surface area contributed by atoms with Gasteiger partial charge in [-0.15, -0.1) is 16.4 Å². The third kappa shape index (κ3) is 3.20. The molecule has 5 heteroatoms. The fraction of sp³-hybridized carbons (Fsp3) is 0.250. The van der Waals surface area contributed by atoms with Gasteiger partial charge in [0, 0.05) is 10.9 Å². The smallest absolute Gasteiger partial charge is 0.118 e. The van der Waals surface area contributed by atoms with Crippen molar-refractivity contribution in [2.45, 2.75) is 32.2 Å². The van der Waals surface area contributed by atoms with Crippen LogP contribution in [0.15, 0.2) is 60.0 Å². The Kier molecular flexibility index (Phi) is 4.57. The lowest BCUT2D eigenvalue weighted by atomic mass is 10.1. The maximum absolute atomic E-state index is 4.93. The van der Waals surface area contributed by atoms with Gasteiger partial charge in [0.05, 0.1) is 11.2 Å². The van der Waals surface area contributed by atoms with Crippen molar-refractivity contribution in [3.8, 4) is 11.3 Å². The minimum absolute atomic E-state index is 0.134. The molecule has 4 nitrogen and oxygen atoms in total. The van der Waals surface area contributed by atoms with Gasteiger partial charge in [0.1, 0.15) is 16.6 Å². The third-order valence-corrected chi connectivity index (χ3v) is 5.33. The van der Waals surface area contributed by atoms with Crippen LogP contribution in [-0.4, -0.2) is 20.0 Å². The van der Waals surface area contributed by atoms with E-state index >= 15 is 0 Å². The van der Waals surface area contributed by atoms with Gasteiger partial charge in [-0.1, -0.05) is 67.4 Å². The molecule has 4 rings (SSSR count). The number of aromatic nitrogens is 4. The summed E-state index contributed by atoms with van der Waals surface area (Å²) in [6.07, 6.45) is 3.31. The standard InChI is InChI=1S/C20H20N4S/c1-2-3-12-19(24-18-13-8-7-11-16(18)22-23-24)20-21-17(14-25-20)15-9-5-4-6-10-15/h4-11,13-14,19H,2-3,12H2,1H3. The number of hydrogen-bond acceptors (Lipinski definition) is 4. The summed E-state index contributed by atoms with van der Waals surface area (Å²) in [7, 11) is 0. The fourth-order valence-corrected chi connectivity index (χ4v) is 3.99. The number of thiazole rings is 1. The van der Waals surface area contributed by atoms with Gasteiger partial charge in [-0.2, -0.15) is 0 Å². The van der Waals surface area contributed by atoms with Crippen LogP contribution in [0.1, 0.15) is 37.2 Å². The van der Waals surface area contributed by atoms with Crippen LogP contribution in [0.4, 0.5) is 0 Å². The van der Waals surface area contributed by atoms with Gasteiger partial charge in [0.15, 0.2) is 0 Å². The third-order valence-electron chi connectivity index (χ3n) is 4.38. The molecule has 2 aromatic carbocycles. The summed E-state index contributed by atoms with van der Waals surface area (Å²) in [6.45, 7) is 2.22. The minimum Gasteiger partial charge on any atom is -0.239 e. The highest BCUT2D eigenvalue weighted by molar-refractivity contribution is 7.10. The van der Waals surface area contributed by atoms with Crippen LogP contribution >= 0.6 is 11.3 Å². The van der Waals surface area contributed by atoms with E-state index in [0.29, 0.717) is 0 Å². The molecule has 0 N–H and O–H groups in total. The van der Waals surface area contributed by atoms with Gasteiger partial charge in [-0.25, -0.2) is 9.67 Å². The zero-order chi connectivity index (χ0) is 17.1. The van der Waals surface area contributed by atoms with Crippen LogP contribution in [0.25, 0.3) is 22.3 Å². The van der Waals surface area contributed by atoms with Gasteiger partial charge in [0.25, 0.3) is 0 Å². The second-order valence-electron chi connectivity index (χ2n) is 6.12. The molecule has 2 heterocycles. The summed E-state index contributed by atoms with van der Waals surface area (Å²) in [5, 5.41) is 12.0. The fourth-order valence-electron chi connectivity index (χ4n) is 3.05. The van der Waals surface area contributed by atoms with Gasteiger partial charge in [-0.3, -0.25) is 0 Å². The Bertz CT molecular complexity index is 958. The lowest BCUT2D eigenvalue weighted by Crippen LogP contribution is -2.12. The number of fused-ring (bicyclic) bond motifs is 1. The molecule has 0 fully saturated rings. The Morgan fingerprint density at radius 2 is 1.84 bits per heavy atom. The zero-order valence-corrected chi connectivity index (χ0v) is 15.0. The van der Waals surface area contributed by atoms with Crippen LogP contribution in [0, 0.1) is 0 Å². The molecule has 0 amide bonds. The first-order valence-corrected chi connectivity index (χ1v) is 9.55. The first-order valence-electron chi connectivity index (χ1n) is 8.67. The van der Waals surface area contributed by atoms with Crippen molar-refractivity contribution < 1.29 is 0 Å². The number of rotatable bonds is 6. The van der Waals surface area contributed by atoms with E-state index in [1.807, 2.05) is 41.1 Å². The summed E-state index contributed by atoms with van der Waals surface area (Å²) in [5.74, 6) is 0. The molecule has 1 atom stereocenters. The van der Waals surface area contributed by atoms with E-state index in [2.05, 4.69) is 40.8 Å². The number of nitrogens with zero attached hydrogens (tertiary/aromatic N) is 4. The lowest BCUT2D eigenvalue weighted by molar-refractivity contribution is 0.470. The molecule has 4 aromatic rings. The lowest BCUT2D eigenvalue weighted by Gasteiger charge is -2.15. The number of benzene rings is 2. The molecule has 25 heavy (non-hydrogen) atoms. The van der Waals surface area contributed by atoms with E-state index in [1.54, 1.807) is 11.3 Å². The van der Waals surface area contributed by atoms with Crippen LogP contribution < -0.4 is 0 Å². The minimum atomic E-state index is 0.134. The molecule has 126 valence electrons. The quantitative estimate of drug-likeness (QED) is 0.473. The van der Waals surface area contributed by atoms with E-state index in [4.69, 9.17) is 4.98 Å². The van der Waals surface area contributed by atoms with Crippen LogP contribution in [0.2, 0.25) is 0 Å². The summed E-state index contributed by atoms with van der Waals surface area (Å²) >= 11 is 1.71. The number of unbranched alkanes of at least 4 members (excludes halogenated alkanes) is 1. The molecule has 0 spiro atoms. The van der Waals surface area contributed by atoms with Crippen molar-refractivity contribution in [1.82, 2.24) is 20.0 Å². The maximum Gasteiger partial charge on any atom is 0.118 e. The van der Waals surface area contributed by atoms with Crippen molar-refractivity contribution in [3.05, 3.63) is 65.0 Å². The molecule has 0 saturated carbocycles. The molecule has 2 aromatic heterocycles. The number of hydrogen-bond donors (Lipinski definition) is 0. The predicted molar refractivity (Wildman–Crippen MR) is 103 cm³/mol. The van der Waals surface area contributed by atoms with Crippen molar-refractivity contribution in [3.63, 3.8) is 0 Å². The highest BCUT2D eigenvalue weighted by Gasteiger charge is 2.21. The molecule has 0 aliphatic carbocycles. The molecule has 1 unspecified atom stereocenters. The van der Waals surface area contributed by atoms with E-state index in [0.717, 1.165) is 46.6 Å². The van der Waals surface area contributed by atoms with Crippen molar-refractivity contribution in [1.29, 1.82) is 0 Å². The average molecular weight is 348 g/mol. The van der Waals surface area contributed by atoms with Gasteiger partial charge in [0.2, 0.25) is 0 Å². The highest BCUT2D eigenvalue weighted by Crippen LogP contribution is 2.31. The Morgan fingerprint density at radius 3 is 2.68 bits per heavy atom. The second-order valence-corrected chi connectivity index (χ2v) is 7.01. The topological polar surface area (TPSA) is 43.6 Å². The second kappa shape index (κ2) is 7.15. The first-order chi connectivity index (χ1) is 12.4. The Hall–Kier alpha value is -2.53. The summed E-state index contributed by atoms with van der Waals surface area (Å²) in [6, 6.07) is 18.6. The average Bonchev–Trinajstić information content (AvgIpc) is 3.31. The normalized spacial score (nSPS) is 12.5. The van der Waals surface area contributed by atoms with Gasteiger partial charge >= 0.3 is 0 Å². The molecule has 0 radical (unpaired) electrons. The first kappa shape index (κ1) is 16.0. The predicted octanol–water partition coefficient (Wildman–Crippen LogP) is 5.33. The van der Waals surface area contributed by atoms with Crippen molar-refractivity contribution in [2.24, 2.45) is 0 Å². The summed E-state index contributed by atoms with van der Waals surface area (Å²) in [5.41, 5.74) is 4.19. The Morgan fingerprint density at radius 1 is 1.04 bits per heavy atom. The Labute approximate surface area is 151 Å². The van der Waals surface area contributed by atoms with E-state index in [1.165, 1.54) is 0 Å². The SMILES string of the molecule is CCCCC(c1nc(-c2ccccc2)cs1)n1nnc2ccccc21. The van der Waals surface area contributed by atoms with Crippen molar-refractivity contribution in [2.75, 3.05) is 0 Å². The zero-order valence-electron chi connectivity index (χ0n) is 14.2. The molecule has 0 bridgehead atoms. The summed E-state index contributed by atoms with van der Waals surface area (Å²) in [4.78, 5) is 4.93. The highest BCUT2D eigenvalue weighted by atomic mass is 32.1. The van der Waals surface area contributed by atoms with Gasteiger partial charge < -0.3 is 0 Å². The van der Waals surface area contributed by atoms with Crippen LogP contribution in [0.5, 0.6) is 0 Å². The number of para-hydroxylation sites is 1. The monoisotopic (exact) mass is 348 g/mol. The Balaban J connectivity index is 1.74. The molecule has 0 aliphatic heterocycles.